The summed E-state index contributed by atoms with van der Waals surface area (Å²) in [6, 6.07) is 0. The van der Waals surface area contributed by atoms with E-state index in [4.69, 9.17) is 0 Å². The second kappa shape index (κ2) is 1.56. The van der Waals surface area contributed by atoms with Gasteiger partial charge in [0.2, 0.25) is 0 Å². The Morgan fingerprint density at radius 3 is 3.00 bits per heavy atom. The molecule has 1 nitrogen and oxygen atoms in total. The summed E-state index contributed by atoms with van der Waals surface area (Å²) in [5, 5.41) is 2.76. The smallest absolute Gasteiger partial charge is 0.334 e. The molecule has 0 amide bonds. The topological polar surface area (TPSA) is 12.4 Å². The van der Waals surface area contributed by atoms with E-state index in [0.29, 0.717) is 4.38 Å². The van der Waals surface area contributed by atoms with Crippen LogP contribution in [-0.4, -0.2) is 4.38 Å². The fourth-order valence-electron chi connectivity index (χ4n) is 0.182. The van der Waals surface area contributed by atoms with E-state index >= 15 is 0 Å². The van der Waals surface area contributed by atoms with Gasteiger partial charge < -0.3 is 12.6 Å². The lowest BCUT2D eigenvalue weighted by Crippen LogP contribution is -1.71. The normalized spacial score (nSPS) is 17.0. The SMILES string of the molecule is [S-]C1=NC=[C+]S1. The lowest BCUT2D eigenvalue weighted by molar-refractivity contribution is 1.63. The average molecular weight is 115 g/mol. The first-order chi connectivity index (χ1) is 2.89. The van der Waals surface area contributed by atoms with Crippen LogP contribution in [0.3, 0.4) is 0 Å². The Morgan fingerprint density at radius 1 is 2.00 bits per heavy atom. The van der Waals surface area contributed by atoms with Crippen LogP contribution in [0.4, 0.5) is 0 Å². The van der Waals surface area contributed by atoms with E-state index in [0.717, 1.165) is 0 Å². The van der Waals surface area contributed by atoms with Crippen LogP contribution in [0.25, 0.3) is 0 Å². The maximum atomic E-state index is 4.62. The van der Waals surface area contributed by atoms with Crippen LogP contribution >= 0.6 is 11.8 Å². The molecule has 0 radical (unpaired) electrons. The van der Waals surface area contributed by atoms with E-state index < -0.39 is 0 Å². The van der Waals surface area contributed by atoms with E-state index in [9.17, 15) is 0 Å². The fraction of sp³-hybridized carbons (Fsp3) is 0. The molecule has 0 aromatic rings. The Labute approximate surface area is 45.9 Å². The van der Waals surface area contributed by atoms with Crippen molar-refractivity contribution < 1.29 is 0 Å². The number of nitrogens with zero attached hydrogens (tertiary/aromatic N) is 1. The minimum atomic E-state index is 0.662. The third kappa shape index (κ3) is 0.684. The minimum absolute atomic E-state index is 0.662. The summed E-state index contributed by atoms with van der Waals surface area (Å²) >= 11 is 5.98. The third-order valence-electron chi connectivity index (χ3n) is 0.369. The maximum absolute atomic E-state index is 4.62. The molecule has 30 valence electrons. The van der Waals surface area contributed by atoms with Crippen LogP contribution in [0, 0.1) is 5.41 Å². The van der Waals surface area contributed by atoms with Gasteiger partial charge in [-0.3, -0.25) is 0 Å². The molecule has 0 saturated carbocycles. The fourth-order valence-corrected chi connectivity index (χ4v) is 0.691. The summed E-state index contributed by atoms with van der Waals surface area (Å²) in [5.74, 6) is 0. The zero-order valence-corrected chi connectivity index (χ0v) is 4.47. The quantitative estimate of drug-likeness (QED) is 0.343. The minimum Gasteiger partial charge on any atom is -0.749 e. The molecule has 0 saturated heterocycles. The van der Waals surface area contributed by atoms with Gasteiger partial charge in [-0.15, -0.1) is 0 Å². The van der Waals surface area contributed by atoms with Gasteiger partial charge in [0.1, 0.15) is 0 Å². The molecule has 1 rings (SSSR count). The summed E-state index contributed by atoms with van der Waals surface area (Å²) in [4.78, 5) is 3.69. The zero-order valence-electron chi connectivity index (χ0n) is 2.84. The Morgan fingerprint density at radius 2 is 2.83 bits per heavy atom. The van der Waals surface area contributed by atoms with Crippen LogP contribution < -0.4 is 0 Å². The first-order valence-electron chi connectivity index (χ1n) is 1.38. The Bertz CT molecular complexity index is 105. The molecule has 0 bridgehead atoms. The highest BCUT2D eigenvalue weighted by Crippen LogP contribution is 2.09. The van der Waals surface area contributed by atoms with Crippen molar-refractivity contribution >= 4 is 28.8 Å². The van der Waals surface area contributed by atoms with E-state index in [2.05, 4.69) is 23.0 Å². The Balaban J connectivity index is 2.61. The molecule has 3 heteroatoms. The number of hydrogen-bond donors (Lipinski definition) is 0. The number of hydrogen-bond acceptors (Lipinski definition) is 3. The van der Waals surface area contributed by atoms with E-state index in [1.54, 1.807) is 6.20 Å². The zero-order chi connectivity index (χ0) is 4.41. The lowest BCUT2D eigenvalue weighted by Gasteiger charge is -1.86. The van der Waals surface area contributed by atoms with Crippen molar-refractivity contribution in [1.82, 2.24) is 0 Å². The summed E-state index contributed by atoms with van der Waals surface area (Å²) in [6.45, 7) is 0. The first-order valence-corrected chi connectivity index (χ1v) is 2.61. The summed E-state index contributed by atoms with van der Waals surface area (Å²) in [7, 11) is 0. The molecule has 1 heterocycles. The largest absolute Gasteiger partial charge is 0.749 e. The molecule has 0 aliphatic carbocycles. The monoisotopic (exact) mass is 115 g/mol. The van der Waals surface area contributed by atoms with E-state index in [-0.39, 0.29) is 0 Å². The van der Waals surface area contributed by atoms with Gasteiger partial charge in [-0.25, -0.2) is 4.99 Å². The van der Waals surface area contributed by atoms with Gasteiger partial charge in [0.05, 0.1) is 0 Å². The van der Waals surface area contributed by atoms with Gasteiger partial charge in [-0.2, -0.15) is 0 Å². The number of aliphatic imine (C=N–C) groups is 1. The molecule has 0 fully saturated rings. The van der Waals surface area contributed by atoms with Crippen LogP contribution in [0.5, 0.6) is 0 Å². The molecule has 0 spiro atoms. The van der Waals surface area contributed by atoms with Crippen LogP contribution in [-0.2, 0) is 12.6 Å². The number of thioether (sulfide) groups is 1. The predicted octanol–water partition coefficient (Wildman–Crippen LogP) is 0.910. The highest BCUT2D eigenvalue weighted by molar-refractivity contribution is 8.28. The lowest BCUT2D eigenvalue weighted by atomic mass is 11.1. The average Bonchev–Trinajstić information content (AvgIpc) is 1.86. The van der Waals surface area contributed by atoms with Gasteiger partial charge in [-0.1, -0.05) is 0 Å². The first kappa shape index (κ1) is 4.06. The van der Waals surface area contributed by atoms with Gasteiger partial charge in [0, 0.05) is 4.38 Å². The van der Waals surface area contributed by atoms with Crippen molar-refractivity contribution in [3.63, 3.8) is 0 Å². The van der Waals surface area contributed by atoms with E-state index in [1.807, 2.05) is 0 Å². The van der Waals surface area contributed by atoms with Gasteiger partial charge >= 0.3 is 5.41 Å². The van der Waals surface area contributed by atoms with Crippen molar-refractivity contribution in [3.05, 3.63) is 11.6 Å². The van der Waals surface area contributed by atoms with Crippen molar-refractivity contribution in [2.45, 2.75) is 0 Å². The van der Waals surface area contributed by atoms with E-state index in [1.165, 1.54) is 11.8 Å². The highest BCUT2D eigenvalue weighted by atomic mass is 32.2. The second-order valence-electron chi connectivity index (χ2n) is 0.744. The summed E-state index contributed by atoms with van der Waals surface area (Å²) < 4.78 is 0.662. The van der Waals surface area contributed by atoms with Crippen molar-refractivity contribution in [2.24, 2.45) is 4.99 Å². The van der Waals surface area contributed by atoms with Crippen molar-refractivity contribution in [3.8, 4) is 0 Å². The molecule has 0 N–H and O–H groups in total. The molecule has 1 aliphatic rings. The van der Waals surface area contributed by atoms with Crippen molar-refractivity contribution in [2.75, 3.05) is 0 Å². The highest BCUT2D eigenvalue weighted by Gasteiger charge is 2.00. The second-order valence-corrected chi connectivity index (χ2v) is 2.22. The number of rotatable bonds is 0. The molecular weight excluding hydrogens is 114 g/mol. The predicted molar refractivity (Wildman–Crippen MR) is 30.2 cm³/mol. The molecular formula is C3HNS2. The third-order valence-corrected chi connectivity index (χ3v) is 1.23. The maximum Gasteiger partial charge on any atom is 0.334 e. The van der Waals surface area contributed by atoms with Gasteiger partial charge in [0.25, 0.3) is 6.20 Å². The Hall–Kier alpha value is -0.110. The van der Waals surface area contributed by atoms with Crippen LogP contribution in [0.2, 0.25) is 0 Å². The van der Waals surface area contributed by atoms with Crippen LogP contribution in [0.15, 0.2) is 11.2 Å². The van der Waals surface area contributed by atoms with Gasteiger partial charge in [0.15, 0.2) is 11.8 Å². The summed E-state index contributed by atoms with van der Waals surface area (Å²) in [5.41, 5.74) is 0. The van der Waals surface area contributed by atoms with Crippen LogP contribution in [0.1, 0.15) is 0 Å². The standard InChI is InChI=1S/C3HNS2/c5-3-4-1-2-6-3/h1H. The molecule has 1 aliphatic heterocycles. The van der Waals surface area contributed by atoms with Gasteiger partial charge in [-0.05, 0) is 0 Å². The van der Waals surface area contributed by atoms with Crippen molar-refractivity contribution in [1.29, 1.82) is 0 Å². The summed E-state index contributed by atoms with van der Waals surface area (Å²) in [6.07, 6.45) is 1.58. The molecule has 0 atom stereocenters. The molecule has 6 heavy (non-hydrogen) atoms. The molecule has 0 unspecified atom stereocenters. The molecule has 0 aromatic carbocycles. The molecule has 0 aromatic heterocycles. The Kier molecular flexibility index (Phi) is 1.05.